The molecule has 7 unspecified atom stereocenters. The number of carbonyl (C=O) groups is 1. The lowest BCUT2D eigenvalue weighted by molar-refractivity contribution is 0.0131. The molecule has 1 N–H and O–H groups in total. The number of anilines is 2. The van der Waals surface area contributed by atoms with Crippen LogP contribution in [0.5, 0.6) is 5.75 Å². The molecule has 4 aromatic rings. The van der Waals surface area contributed by atoms with Crippen molar-refractivity contribution in [3.63, 3.8) is 0 Å². The lowest BCUT2D eigenvalue weighted by Crippen LogP contribution is -2.49. The standard InChI is InChI=1S/C39H46ClN7O4S/c1-24-7-5-9-34(50-4)30-13-10-28(30)19-47-21-39(16-6-8-26-17-29(40)12-14-32(26)39)22-51-35-15-11-27(18-33(35)47)38(48)45-52(49,25(24)2)44-37-31-20-46(3)43-36(31)41-23-42-37/h5,9,11-12,14-15,17-18,20,23-25,28,30,34H,6-8,10,13,16,19,21-22H2,1-4H3,(H,41,42,43,44,45,48,49)/b9-5+. The van der Waals surface area contributed by atoms with E-state index in [2.05, 4.69) is 53.3 Å². The minimum absolute atomic E-state index is 0.0386. The third-order valence-electron chi connectivity index (χ3n) is 11.9. The zero-order valence-electron chi connectivity index (χ0n) is 30.1. The van der Waals surface area contributed by atoms with E-state index in [0.717, 1.165) is 61.7 Å². The summed E-state index contributed by atoms with van der Waals surface area (Å²) in [4.78, 5) is 25.4. The Morgan fingerprint density at radius 1 is 1.13 bits per heavy atom. The van der Waals surface area contributed by atoms with E-state index in [0.29, 0.717) is 47.3 Å². The summed E-state index contributed by atoms with van der Waals surface area (Å²) >= 11 is 6.48. The second-order valence-electron chi connectivity index (χ2n) is 15.2. The van der Waals surface area contributed by atoms with Gasteiger partial charge in [0.1, 0.15) is 22.0 Å². The number of rotatable bonds is 3. The molecule has 0 radical (unpaired) electrons. The summed E-state index contributed by atoms with van der Waals surface area (Å²) in [5.41, 5.74) is 3.99. The van der Waals surface area contributed by atoms with Crippen LogP contribution < -0.4 is 14.4 Å². The summed E-state index contributed by atoms with van der Waals surface area (Å²) < 4.78 is 37.2. The first-order valence-corrected chi connectivity index (χ1v) is 20.2. The molecule has 13 heteroatoms. The van der Waals surface area contributed by atoms with Crippen LogP contribution in [0.3, 0.4) is 0 Å². The highest BCUT2D eigenvalue weighted by Crippen LogP contribution is 2.47. The topological polar surface area (TPSA) is 124 Å². The normalized spacial score (nSPS) is 31.1. The number of methoxy groups -OCH3 is 1. The predicted octanol–water partition coefficient (Wildman–Crippen LogP) is 7.15. The third kappa shape index (κ3) is 6.36. The molecule has 2 aliphatic heterocycles. The summed E-state index contributed by atoms with van der Waals surface area (Å²) in [5.74, 6) is 1.15. The van der Waals surface area contributed by atoms with Crippen molar-refractivity contribution in [2.75, 3.05) is 36.4 Å². The van der Waals surface area contributed by atoms with Gasteiger partial charge in [-0.3, -0.25) is 14.2 Å². The van der Waals surface area contributed by atoms with Crippen LogP contribution >= 0.6 is 11.6 Å². The quantitative estimate of drug-likeness (QED) is 0.220. The Morgan fingerprint density at radius 3 is 2.81 bits per heavy atom. The average Bonchev–Trinajstić information content (AvgIpc) is 3.44. The predicted molar refractivity (Wildman–Crippen MR) is 204 cm³/mol. The van der Waals surface area contributed by atoms with Crippen LogP contribution in [0.1, 0.15) is 67.4 Å². The number of hydrogen-bond acceptors (Lipinski definition) is 8. The van der Waals surface area contributed by atoms with Gasteiger partial charge in [-0.15, -0.1) is 4.36 Å². The maximum Gasteiger partial charge on any atom is 0.286 e. The first-order chi connectivity index (χ1) is 25.1. The van der Waals surface area contributed by atoms with E-state index >= 15 is 4.21 Å². The van der Waals surface area contributed by atoms with Crippen LogP contribution in [0.4, 0.5) is 11.5 Å². The van der Waals surface area contributed by atoms with E-state index in [9.17, 15) is 4.79 Å². The summed E-state index contributed by atoms with van der Waals surface area (Å²) in [6, 6.07) is 11.8. The molecule has 1 fully saturated rings. The van der Waals surface area contributed by atoms with Crippen LogP contribution in [0.15, 0.2) is 65.4 Å². The van der Waals surface area contributed by atoms with Crippen LogP contribution in [-0.2, 0) is 33.5 Å². The summed E-state index contributed by atoms with van der Waals surface area (Å²) in [6.07, 6.45) is 13.3. The highest BCUT2D eigenvalue weighted by Gasteiger charge is 2.44. The molecule has 2 aromatic carbocycles. The SMILES string of the molecule is COC1/C=C/CC(C)C(C)S(=O)(Nc2ncnc3nn(C)cc23)=NC(=O)c2ccc3c(c2)N(CC2CCC21)CC1(CCCc2cc(Cl)ccc21)CO3. The van der Waals surface area contributed by atoms with E-state index in [1.54, 1.807) is 31.1 Å². The first-order valence-electron chi connectivity index (χ1n) is 18.3. The molecule has 1 spiro atoms. The molecule has 1 saturated carbocycles. The van der Waals surface area contributed by atoms with Crippen molar-refractivity contribution in [3.05, 3.63) is 82.8 Å². The van der Waals surface area contributed by atoms with E-state index < -0.39 is 21.1 Å². The van der Waals surface area contributed by atoms with E-state index in [-0.39, 0.29) is 17.4 Å². The molecule has 8 rings (SSSR count). The Hall–Kier alpha value is -4.00. The van der Waals surface area contributed by atoms with E-state index in [1.807, 2.05) is 32.0 Å². The zero-order valence-corrected chi connectivity index (χ0v) is 31.7. The van der Waals surface area contributed by atoms with Crippen molar-refractivity contribution in [1.82, 2.24) is 19.7 Å². The lowest BCUT2D eigenvalue weighted by Gasteiger charge is -2.46. The van der Waals surface area contributed by atoms with Gasteiger partial charge in [-0.2, -0.15) is 5.10 Å². The van der Waals surface area contributed by atoms with Gasteiger partial charge in [0, 0.05) is 49.4 Å². The summed E-state index contributed by atoms with van der Waals surface area (Å²) in [5, 5.41) is 5.20. The molecule has 52 heavy (non-hydrogen) atoms. The zero-order chi connectivity index (χ0) is 36.2. The Morgan fingerprint density at radius 2 is 2.00 bits per heavy atom. The van der Waals surface area contributed by atoms with Crippen molar-refractivity contribution >= 4 is 50.0 Å². The monoisotopic (exact) mass is 743 g/mol. The van der Waals surface area contributed by atoms with Gasteiger partial charge in [0.15, 0.2) is 11.5 Å². The van der Waals surface area contributed by atoms with Crippen LogP contribution in [0.2, 0.25) is 5.02 Å². The number of amides is 1. The van der Waals surface area contributed by atoms with Gasteiger partial charge in [0.2, 0.25) is 0 Å². The van der Waals surface area contributed by atoms with E-state index in [4.69, 9.17) is 21.1 Å². The Bertz CT molecular complexity index is 2180. The Kier molecular flexibility index (Phi) is 9.28. The molecule has 2 bridgehead atoms. The molecule has 2 aliphatic carbocycles. The maximum atomic E-state index is 15.1. The minimum atomic E-state index is -3.43. The molecule has 0 saturated heterocycles. The smallest absolute Gasteiger partial charge is 0.286 e. The van der Waals surface area contributed by atoms with Crippen molar-refractivity contribution in [3.8, 4) is 5.75 Å². The summed E-state index contributed by atoms with van der Waals surface area (Å²) in [7, 11) is 0.148. The van der Waals surface area contributed by atoms with Gasteiger partial charge >= 0.3 is 0 Å². The number of aromatic nitrogens is 4. The fourth-order valence-corrected chi connectivity index (χ4v) is 10.8. The van der Waals surface area contributed by atoms with Crippen LogP contribution in [0, 0.1) is 17.8 Å². The largest absolute Gasteiger partial charge is 0.490 e. The first kappa shape index (κ1) is 35.1. The van der Waals surface area contributed by atoms with Crippen LogP contribution in [-0.4, -0.2) is 68.0 Å². The number of nitrogens with zero attached hydrogens (tertiary/aromatic N) is 6. The molecule has 1 amide bonds. The third-order valence-corrected chi connectivity index (χ3v) is 14.6. The highest BCUT2D eigenvalue weighted by molar-refractivity contribution is 7.95. The molecule has 4 aliphatic rings. The van der Waals surface area contributed by atoms with Gasteiger partial charge in [0.05, 0.1) is 29.0 Å². The van der Waals surface area contributed by atoms with Gasteiger partial charge in [-0.1, -0.05) is 36.7 Å². The van der Waals surface area contributed by atoms with Crippen molar-refractivity contribution in [2.24, 2.45) is 29.2 Å². The van der Waals surface area contributed by atoms with Crippen molar-refractivity contribution in [1.29, 1.82) is 0 Å². The second kappa shape index (κ2) is 13.8. The lowest BCUT2D eigenvalue weighted by atomic mass is 9.68. The molecular weight excluding hydrogens is 698 g/mol. The second-order valence-corrected chi connectivity index (χ2v) is 17.9. The number of nitrogens with one attached hydrogen (secondary N) is 1. The van der Waals surface area contributed by atoms with Gasteiger partial charge < -0.3 is 14.4 Å². The number of halogens is 1. The average molecular weight is 744 g/mol. The number of ether oxygens (including phenoxy) is 2. The number of benzene rings is 2. The molecule has 274 valence electrons. The number of allylic oxidation sites excluding steroid dienone is 1. The van der Waals surface area contributed by atoms with Gasteiger partial charge in [0.25, 0.3) is 5.91 Å². The molecule has 4 heterocycles. The number of hydrogen-bond donors (Lipinski definition) is 1. The van der Waals surface area contributed by atoms with Crippen molar-refractivity contribution < 1.29 is 18.5 Å². The summed E-state index contributed by atoms with van der Waals surface area (Å²) in [6.45, 7) is 5.98. The van der Waals surface area contributed by atoms with Crippen molar-refractivity contribution in [2.45, 2.75) is 69.1 Å². The Balaban J connectivity index is 1.24. The maximum absolute atomic E-state index is 15.1. The highest BCUT2D eigenvalue weighted by atomic mass is 35.5. The molecule has 11 nitrogen and oxygen atoms in total. The Labute approximate surface area is 310 Å². The molecule has 2 aromatic heterocycles. The van der Waals surface area contributed by atoms with Crippen LogP contribution in [0.25, 0.3) is 11.0 Å². The van der Waals surface area contributed by atoms with Gasteiger partial charge in [-0.05, 0) is 105 Å². The minimum Gasteiger partial charge on any atom is -0.490 e. The number of aryl methyl sites for hydroxylation is 2. The molecular formula is C39H46ClN7O4S. The van der Waals surface area contributed by atoms with E-state index in [1.165, 1.54) is 17.5 Å². The number of fused-ring (bicyclic) bond motifs is 5. The molecule has 7 atom stereocenters. The van der Waals surface area contributed by atoms with Gasteiger partial charge in [-0.25, -0.2) is 14.2 Å². The fraction of sp³-hybridized carbons (Fsp3) is 0.487. The fourth-order valence-electron chi connectivity index (χ4n) is 8.66. The number of carbonyl (C=O) groups excluding carboxylic acids is 1.